The summed E-state index contributed by atoms with van der Waals surface area (Å²) < 4.78 is 0. The van der Waals surface area contributed by atoms with Crippen LogP contribution in [0.2, 0.25) is 0 Å². The SMILES string of the molecule is C/C(=C\O)C(=O)NO. The number of amides is 1. The van der Waals surface area contributed by atoms with E-state index >= 15 is 0 Å². The number of rotatable bonds is 1. The van der Waals surface area contributed by atoms with Crippen LogP contribution in [0.1, 0.15) is 6.92 Å². The lowest BCUT2D eigenvalue weighted by Gasteiger charge is -1.92. The standard InChI is InChI=1S/C4H7NO3/c1-3(2-6)4(7)5-8/h2,6,8H,1H3,(H,5,7)/b3-2+. The smallest absolute Gasteiger partial charge is 0.273 e. The van der Waals surface area contributed by atoms with Crippen molar-refractivity contribution in [3.05, 3.63) is 11.8 Å². The van der Waals surface area contributed by atoms with Crippen LogP contribution in [0.25, 0.3) is 0 Å². The minimum atomic E-state index is -0.701. The molecule has 0 atom stereocenters. The van der Waals surface area contributed by atoms with Gasteiger partial charge in [0.05, 0.1) is 11.8 Å². The highest BCUT2D eigenvalue weighted by molar-refractivity contribution is 5.91. The van der Waals surface area contributed by atoms with Gasteiger partial charge >= 0.3 is 0 Å². The van der Waals surface area contributed by atoms with E-state index in [4.69, 9.17) is 10.3 Å². The highest BCUT2D eigenvalue weighted by Gasteiger charge is 1.98. The van der Waals surface area contributed by atoms with Gasteiger partial charge in [0.1, 0.15) is 0 Å². The highest BCUT2D eigenvalue weighted by atomic mass is 16.5. The van der Waals surface area contributed by atoms with E-state index in [1.54, 1.807) is 0 Å². The molecule has 0 aliphatic heterocycles. The molecule has 0 heterocycles. The molecule has 0 aromatic carbocycles. The molecule has 0 rings (SSSR count). The Hall–Kier alpha value is -1.03. The zero-order valence-electron chi connectivity index (χ0n) is 4.38. The Bertz CT molecular complexity index is 118. The molecule has 4 heteroatoms. The van der Waals surface area contributed by atoms with E-state index in [0.717, 1.165) is 0 Å². The fraction of sp³-hybridized carbons (Fsp3) is 0.250. The summed E-state index contributed by atoms with van der Waals surface area (Å²) in [5.74, 6) is -0.701. The third-order valence-corrected chi connectivity index (χ3v) is 0.653. The fourth-order valence-corrected chi connectivity index (χ4v) is 0.147. The van der Waals surface area contributed by atoms with Crippen LogP contribution >= 0.6 is 0 Å². The van der Waals surface area contributed by atoms with Crippen LogP contribution in [-0.4, -0.2) is 16.2 Å². The van der Waals surface area contributed by atoms with Gasteiger partial charge < -0.3 is 5.11 Å². The Balaban J connectivity index is 3.83. The lowest BCUT2D eigenvalue weighted by atomic mass is 10.3. The molecule has 0 saturated heterocycles. The molecule has 0 bridgehead atoms. The average molecular weight is 117 g/mol. The number of hydroxylamine groups is 1. The zero-order chi connectivity index (χ0) is 6.57. The van der Waals surface area contributed by atoms with Gasteiger partial charge in [0.2, 0.25) is 0 Å². The van der Waals surface area contributed by atoms with Crippen molar-refractivity contribution in [2.45, 2.75) is 6.92 Å². The molecule has 0 fully saturated rings. The number of aliphatic hydroxyl groups excluding tert-OH is 1. The molecule has 0 aromatic rings. The van der Waals surface area contributed by atoms with Gasteiger partial charge in [0.15, 0.2) is 0 Å². The van der Waals surface area contributed by atoms with E-state index in [0.29, 0.717) is 6.26 Å². The molecule has 0 radical (unpaired) electrons. The Morgan fingerprint density at radius 3 is 2.38 bits per heavy atom. The molecular weight excluding hydrogens is 110 g/mol. The Morgan fingerprint density at radius 1 is 1.75 bits per heavy atom. The van der Waals surface area contributed by atoms with E-state index in [-0.39, 0.29) is 5.57 Å². The van der Waals surface area contributed by atoms with Gasteiger partial charge in [-0.3, -0.25) is 10.0 Å². The van der Waals surface area contributed by atoms with E-state index in [9.17, 15) is 4.79 Å². The lowest BCUT2D eigenvalue weighted by molar-refractivity contribution is -0.125. The van der Waals surface area contributed by atoms with E-state index in [2.05, 4.69) is 0 Å². The average Bonchev–Trinajstić information content (AvgIpc) is 1.84. The zero-order valence-corrected chi connectivity index (χ0v) is 4.38. The van der Waals surface area contributed by atoms with Crippen molar-refractivity contribution in [2.75, 3.05) is 0 Å². The first-order chi connectivity index (χ1) is 3.72. The molecule has 0 aliphatic carbocycles. The van der Waals surface area contributed by atoms with Crippen LogP contribution < -0.4 is 5.48 Å². The summed E-state index contributed by atoms with van der Waals surface area (Å²) in [5, 5.41) is 16.0. The van der Waals surface area contributed by atoms with Gasteiger partial charge in [-0.1, -0.05) is 0 Å². The molecular formula is C4H7NO3. The predicted octanol–water partition coefficient (Wildman–Crippen LogP) is -0.0464. The summed E-state index contributed by atoms with van der Waals surface area (Å²) >= 11 is 0. The van der Waals surface area contributed by atoms with Crippen molar-refractivity contribution < 1.29 is 15.1 Å². The van der Waals surface area contributed by atoms with Gasteiger partial charge in [-0.25, -0.2) is 5.48 Å². The van der Waals surface area contributed by atoms with Crippen LogP contribution in [0.15, 0.2) is 11.8 Å². The first-order valence-electron chi connectivity index (χ1n) is 1.97. The van der Waals surface area contributed by atoms with E-state index in [1.807, 2.05) is 0 Å². The molecule has 0 aliphatic rings. The van der Waals surface area contributed by atoms with Crippen molar-refractivity contribution in [1.82, 2.24) is 5.48 Å². The molecule has 0 unspecified atom stereocenters. The van der Waals surface area contributed by atoms with E-state index in [1.165, 1.54) is 12.4 Å². The summed E-state index contributed by atoms with van der Waals surface area (Å²) in [4.78, 5) is 10.2. The third kappa shape index (κ3) is 1.61. The number of nitrogens with one attached hydrogen (secondary N) is 1. The minimum Gasteiger partial charge on any atom is -0.515 e. The Labute approximate surface area is 46.4 Å². The number of aliphatic hydroxyl groups is 1. The quantitative estimate of drug-likeness (QED) is 0.195. The fourth-order valence-electron chi connectivity index (χ4n) is 0.147. The van der Waals surface area contributed by atoms with Crippen LogP contribution in [0, 0.1) is 0 Å². The maximum atomic E-state index is 10.2. The second-order valence-corrected chi connectivity index (χ2v) is 1.25. The molecule has 4 nitrogen and oxygen atoms in total. The number of hydrogen-bond donors (Lipinski definition) is 3. The molecule has 3 N–H and O–H groups in total. The lowest BCUT2D eigenvalue weighted by Crippen LogP contribution is -2.19. The maximum absolute atomic E-state index is 10.2. The van der Waals surface area contributed by atoms with Crippen LogP contribution in [-0.2, 0) is 4.79 Å². The van der Waals surface area contributed by atoms with Gasteiger partial charge in [0.25, 0.3) is 5.91 Å². The van der Waals surface area contributed by atoms with E-state index < -0.39 is 5.91 Å². The predicted molar refractivity (Wildman–Crippen MR) is 26.3 cm³/mol. The molecule has 1 amide bonds. The number of carbonyl (C=O) groups excluding carboxylic acids is 1. The molecule has 8 heavy (non-hydrogen) atoms. The monoisotopic (exact) mass is 117 g/mol. The van der Waals surface area contributed by atoms with Gasteiger partial charge in [-0.05, 0) is 6.92 Å². The molecule has 0 aromatic heterocycles. The summed E-state index contributed by atoms with van der Waals surface area (Å²) in [6, 6.07) is 0. The maximum Gasteiger partial charge on any atom is 0.273 e. The topological polar surface area (TPSA) is 69.6 Å². The normalized spacial score (nSPS) is 11.0. The third-order valence-electron chi connectivity index (χ3n) is 0.653. The van der Waals surface area contributed by atoms with Gasteiger partial charge in [-0.15, -0.1) is 0 Å². The van der Waals surface area contributed by atoms with Gasteiger partial charge in [0, 0.05) is 0 Å². The first kappa shape index (κ1) is 6.97. The van der Waals surface area contributed by atoms with Crippen LogP contribution in [0.4, 0.5) is 0 Å². The van der Waals surface area contributed by atoms with Crippen LogP contribution in [0.3, 0.4) is 0 Å². The second kappa shape index (κ2) is 3.04. The largest absolute Gasteiger partial charge is 0.515 e. The summed E-state index contributed by atoms with van der Waals surface area (Å²) in [5.41, 5.74) is 1.41. The van der Waals surface area contributed by atoms with Crippen molar-refractivity contribution in [3.8, 4) is 0 Å². The Morgan fingerprint density at radius 2 is 2.25 bits per heavy atom. The second-order valence-electron chi connectivity index (χ2n) is 1.25. The first-order valence-corrected chi connectivity index (χ1v) is 1.97. The van der Waals surface area contributed by atoms with Crippen LogP contribution in [0.5, 0.6) is 0 Å². The summed E-state index contributed by atoms with van der Waals surface area (Å²) in [6.07, 6.45) is 0.617. The minimum absolute atomic E-state index is 0.0625. The van der Waals surface area contributed by atoms with Crippen molar-refractivity contribution in [3.63, 3.8) is 0 Å². The molecule has 46 valence electrons. The van der Waals surface area contributed by atoms with Crippen molar-refractivity contribution >= 4 is 5.91 Å². The van der Waals surface area contributed by atoms with Crippen molar-refractivity contribution in [1.29, 1.82) is 0 Å². The number of hydrogen-bond acceptors (Lipinski definition) is 3. The van der Waals surface area contributed by atoms with Crippen molar-refractivity contribution in [2.24, 2.45) is 0 Å². The Kier molecular flexibility index (Phi) is 2.64. The van der Waals surface area contributed by atoms with Gasteiger partial charge in [-0.2, -0.15) is 0 Å². The molecule has 0 saturated carbocycles. The highest BCUT2D eigenvalue weighted by Crippen LogP contribution is 1.86. The summed E-state index contributed by atoms with van der Waals surface area (Å²) in [7, 11) is 0. The number of carbonyl (C=O) groups is 1. The molecule has 0 spiro atoms. The summed E-state index contributed by atoms with van der Waals surface area (Å²) in [6.45, 7) is 1.37.